The average Bonchev–Trinajstić information content (AvgIpc) is 2.85. The third-order valence-electron chi connectivity index (χ3n) is 6.81. The highest BCUT2D eigenvalue weighted by Crippen LogP contribution is 2.17. The number of carbonyl (C=O) groups is 3. The first-order chi connectivity index (χ1) is 16.3. The maximum absolute atomic E-state index is 13.5. The molecule has 1 aromatic carbocycles. The molecular weight excluding hydrogens is 428 g/mol. The van der Waals surface area contributed by atoms with Crippen molar-refractivity contribution in [2.75, 3.05) is 26.2 Å². The zero-order valence-corrected chi connectivity index (χ0v) is 21.7. The van der Waals surface area contributed by atoms with Gasteiger partial charge in [-0.2, -0.15) is 0 Å². The molecule has 1 fully saturated rings. The molecule has 2 rings (SSSR count). The SMILES string of the molecule is CCCCNC(=O)N1CCN(C(=O)C(NC(=O)c2ccc(CCCC)cc2)C(C)CC)CC1C. The van der Waals surface area contributed by atoms with Crippen molar-refractivity contribution in [3.8, 4) is 0 Å². The van der Waals surface area contributed by atoms with Crippen LogP contribution < -0.4 is 10.6 Å². The van der Waals surface area contributed by atoms with Crippen LogP contribution >= 0.6 is 0 Å². The number of nitrogens with one attached hydrogen (secondary N) is 2. The van der Waals surface area contributed by atoms with Gasteiger partial charge in [-0.05, 0) is 49.8 Å². The number of hydrogen-bond donors (Lipinski definition) is 2. The predicted molar refractivity (Wildman–Crippen MR) is 137 cm³/mol. The Labute approximate surface area is 205 Å². The summed E-state index contributed by atoms with van der Waals surface area (Å²) in [6.07, 6.45) is 6.04. The van der Waals surface area contributed by atoms with Gasteiger partial charge in [0.2, 0.25) is 5.91 Å². The zero-order chi connectivity index (χ0) is 25.1. The molecule has 0 aliphatic carbocycles. The molecule has 0 bridgehead atoms. The monoisotopic (exact) mass is 472 g/mol. The molecule has 0 spiro atoms. The lowest BCUT2D eigenvalue weighted by Crippen LogP contribution is -2.61. The molecule has 7 nitrogen and oxygen atoms in total. The topological polar surface area (TPSA) is 81.8 Å². The molecule has 1 aliphatic heterocycles. The molecule has 0 saturated carbocycles. The second-order valence-electron chi connectivity index (χ2n) is 9.55. The van der Waals surface area contributed by atoms with E-state index in [1.54, 1.807) is 9.80 Å². The average molecular weight is 473 g/mol. The largest absolute Gasteiger partial charge is 0.340 e. The van der Waals surface area contributed by atoms with E-state index in [2.05, 4.69) is 24.5 Å². The van der Waals surface area contributed by atoms with Gasteiger partial charge in [0.15, 0.2) is 0 Å². The Bertz CT molecular complexity index is 796. The molecule has 1 saturated heterocycles. The van der Waals surface area contributed by atoms with E-state index in [1.165, 1.54) is 5.56 Å². The number of unbranched alkanes of at least 4 members (excludes halogenated alkanes) is 2. The van der Waals surface area contributed by atoms with E-state index in [-0.39, 0.29) is 29.8 Å². The number of aryl methyl sites for hydroxylation is 1. The van der Waals surface area contributed by atoms with Gasteiger partial charge in [0.05, 0.1) is 0 Å². The summed E-state index contributed by atoms with van der Waals surface area (Å²) in [4.78, 5) is 42.5. The Morgan fingerprint density at radius 3 is 2.29 bits per heavy atom. The first kappa shape index (κ1) is 27.7. The second kappa shape index (κ2) is 14.0. The van der Waals surface area contributed by atoms with Crippen LogP contribution in [0.25, 0.3) is 0 Å². The van der Waals surface area contributed by atoms with E-state index in [0.717, 1.165) is 38.5 Å². The lowest BCUT2D eigenvalue weighted by atomic mass is 9.96. The first-order valence-corrected chi connectivity index (χ1v) is 13.0. The maximum Gasteiger partial charge on any atom is 0.317 e. The van der Waals surface area contributed by atoms with Crippen molar-refractivity contribution in [3.05, 3.63) is 35.4 Å². The van der Waals surface area contributed by atoms with Gasteiger partial charge in [-0.1, -0.05) is 59.1 Å². The summed E-state index contributed by atoms with van der Waals surface area (Å²) in [5.41, 5.74) is 1.79. The Balaban J connectivity index is 2.01. The van der Waals surface area contributed by atoms with Crippen molar-refractivity contribution in [1.29, 1.82) is 0 Å². The van der Waals surface area contributed by atoms with Crippen molar-refractivity contribution in [3.63, 3.8) is 0 Å². The third kappa shape index (κ3) is 7.74. The van der Waals surface area contributed by atoms with Crippen molar-refractivity contribution in [2.45, 2.75) is 85.2 Å². The van der Waals surface area contributed by atoms with Crippen LogP contribution in [0.15, 0.2) is 24.3 Å². The fourth-order valence-corrected chi connectivity index (χ4v) is 4.24. The van der Waals surface area contributed by atoms with Crippen molar-refractivity contribution >= 4 is 17.8 Å². The number of benzene rings is 1. The molecule has 0 aromatic heterocycles. The Morgan fingerprint density at radius 2 is 1.71 bits per heavy atom. The lowest BCUT2D eigenvalue weighted by Gasteiger charge is -2.41. The van der Waals surface area contributed by atoms with Gasteiger partial charge in [-0.3, -0.25) is 9.59 Å². The fourth-order valence-electron chi connectivity index (χ4n) is 4.24. The quantitative estimate of drug-likeness (QED) is 0.473. The van der Waals surface area contributed by atoms with Gasteiger partial charge in [-0.15, -0.1) is 0 Å². The summed E-state index contributed by atoms with van der Waals surface area (Å²) in [5, 5.41) is 5.97. The number of urea groups is 1. The number of nitrogens with zero attached hydrogens (tertiary/aromatic N) is 2. The number of rotatable bonds is 11. The van der Waals surface area contributed by atoms with E-state index in [4.69, 9.17) is 0 Å². The molecule has 2 N–H and O–H groups in total. The van der Waals surface area contributed by atoms with E-state index in [0.29, 0.717) is 31.7 Å². The molecule has 1 heterocycles. The predicted octanol–water partition coefficient (Wildman–Crippen LogP) is 4.22. The van der Waals surface area contributed by atoms with Gasteiger partial charge < -0.3 is 20.4 Å². The van der Waals surface area contributed by atoms with E-state index < -0.39 is 6.04 Å². The van der Waals surface area contributed by atoms with Gasteiger partial charge in [-0.25, -0.2) is 4.79 Å². The highest BCUT2D eigenvalue weighted by Gasteiger charge is 2.35. The highest BCUT2D eigenvalue weighted by molar-refractivity contribution is 5.97. The van der Waals surface area contributed by atoms with E-state index >= 15 is 0 Å². The van der Waals surface area contributed by atoms with Crippen LogP contribution in [-0.2, 0) is 11.2 Å². The van der Waals surface area contributed by atoms with Gasteiger partial charge in [0.25, 0.3) is 5.91 Å². The summed E-state index contributed by atoms with van der Waals surface area (Å²) in [6.45, 7) is 12.3. The van der Waals surface area contributed by atoms with Gasteiger partial charge in [0.1, 0.15) is 6.04 Å². The van der Waals surface area contributed by atoms with Gasteiger partial charge in [0, 0.05) is 37.8 Å². The minimum Gasteiger partial charge on any atom is -0.340 e. The zero-order valence-electron chi connectivity index (χ0n) is 21.7. The number of carbonyl (C=O) groups excluding carboxylic acids is 3. The summed E-state index contributed by atoms with van der Waals surface area (Å²) in [7, 11) is 0. The van der Waals surface area contributed by atoms with Crippen LogP contribution in [-0.4, -0.2) is 65.9 Å². The van der Waals surface area contributed by atoms with Crippen molar-refractivity contribution in [2.24, 2.45) is 5.92 Å². The number of piperazine rings is 1. The normalized spacial score (nSPS) is 17.7. The Morgan fingerprint density at radius 1 is 1.03 bits per heavy atom. The second-order valence-corrected chi connectivity index (χ2v) is 9.55. The van der Waals surface area contributed by atoms with Crippen LogP contribution in [0.2, 0.25) is 0 Å². The standard InChI is InChI=1S/C27H44N4O3/c1-6-9-11-22-12-14-23(15-13-22)25(32)29-24(20(4)8-3)26(33)30-17-18-31(21(5)19-30)27(34)28-16-10-7-2/h12-15,20-21,24H,6-11,16-19H2,1-5H3,(H,28,34)(H,29,32). The molecule has 0 radical (unpaired) electrons. The molecule has 3 atom stereocenters. The van der Waals surface area contributed by atoms with Crippen LogP contribution in [0.3, 0.4) is 0 Å². The molecule has 3 unspecified atom stereocenters. The first-order valence-electron chi connectivity index (χ1n) is 13.0. The molecular formula is C27H44N4O3. The summed E-state index contributed by atoms with van der Waals surface area (Å²) in [6, 6.07) is 6.95. The lowest BCUT2D eigenvalue weighted by molar-refractivity contribution is -0.136. The minimum absolute atomic E-state index is 0.00551. The molecule has 34 heavy (non-hydrogen) atoms. The van der Waals surface area contributed by atoms with E-state index in [1.807, 2.05) is 45.0 Å². The Hall–Kier alpha value is -2.57. The third-order valence-corrected chi connectivity index (χ3v) is 6.81. The van der Waals surface area contributed by atoms with Crippen LogP contribution in [0, 0.1) is 5.92 Å². The summed E-state index contributed by atoms with van der Waals surface area (Å²) >= 11 is 0. The number of amides is 4. The Kier molecular flexibility index (Phi) is 11.4. The van der Waals surface area contributed by atoms with Crippen molar-refractivity contribution in [1.82, 2.24) is 20.4 Å². The van der Waals surface area contributed by atoms with Crippen molar-refractivity contribution < 1.29 is 14.4 Å². The van der Waals surface area contributed by atoms with Crippen LogP contribution in [0.4, 0.5) is 4.79 Å². The summed E-state index contributed by atoms with van der Waals surface area (Å²) < 4.78 is 0. The van der Waals surface area contributed by atoms with E-state index in [9.17, 15) is 14.4 Å². The van der Waals surface area contributed by atoms with Crippen LogP contribution in [0.5, 0.6) is 0 Å². The molecule has 4 amide bonds. The summed E-state index contributed by atoms with van der Waals surface area (Å²) in [5.74, 6) is -0.284. The molecule has 1 aliphatic rings. The van der Waals surface area contributed by atoms with Gasteiger partial charge >= 0.3 is 6.03 Å². The smallest absolute Gasteiger partial charge is 0.317 e. The minimum atomic E-state index is -0.589. The molecule has 7 heteroatoms. The molecule has 1 aromatic rings. The molecule has 190 valence electrons. The van der Waals surface area contributed by atoms with Crippen LogP contribution in [0.1, 0.15) is 82.6 Å². The number of hydrogen-bond acceptors (Lipinski definition) is 3. The maximum atomic E-state index is 13.5. The fraction of sp³-hybridized carbons (Fsp3) is 0.667. The highest BCUT2D eigenvalue weighted by atomic mass is 16.2.